The number of nitrogens with two attached hydrogens (primary N) is 1. The van der Waals surface area contributed by atoms with Crippen molar-refractivity contribution in [2.24, 2.45) is 0 Å². The number of carbonyl (C=O) groups excluding carboxylic acids is 1. The van der Waals surface area contributed by atoms with Crippen LogP contribution in [-0.4, -0.2) is 37.5 Å². The molecule has 2 aromatic carbocycles. The Morgan fingerprint density at radius 2 is 1.90 bits per heavy atom. The average molecular weight is 451 g/mol. The van der Waals surface area contributed by atoms with Crippen LogP contribution in [0.3, 0.4) is 0 Å². The van der Waals surface area contributed by atoms with E-state index in [4.69, 9.17) is 10.5 Å². The smallest absolute Gasteiger partial charge is 0.246 e. The largest absolute Gasteiger partial charge is 0.495 e. The predicted molar refractivity (Wildman–Crippen MR) is 112 cm³/mol. The number of para-hydroxylation sites is 2. The van der Waals surface area contributed by atoms with Gasteiger partial charge in [0.1, 0.15) is 33.9 Å². The number of carbonyl (C=O) groups is 1. The fourth-order valence-corrected chi connectivity index (χ4v) is 5.18. The van der Waals surface area contributed by atoms with Gasteiger partial charge in [-0.3, -0.25) is 4.79 Å². The van der Waals surface area contributed by atoms with Crippen molar-refractivity contribution >= 4 is 39.0 Å². The molecule has 0 unspecified atom stereocenters. The number of hydrogen-bond acceptors (Lipinski definition) is 7. The zero-order chi connectivity index (χ0) is 21.9. The Balaban J connectivity index is 1.92. The second kappa shape index (κ2) is 8.76. The molecule has 0 radical (unpaired) electrons. The molecule has 3 N–H and O–H groups in total. The number of hydrogen-bond donors (Lipinski definition) is 2. The van der Waals surface area contributed by atoms with E-state index in [-0.39, 0.29) is 27.2 Å². The molecule has 0 spiro atoms. The number of sulfone groups is 1. The third-order valence-electron chi connectivity index (χ3n) is 4.18. The molecular formula is C19H19FN4O4S2. The summed E-state index contributed by atoms with van der Waals surface area (Å²) in [6, 6.07) is 11.3. The SMILES string of the molecule is COc1ccccc1NC(=O)Cn1nc(SC)c(S(=O)(=O)c2ccc(F)cc2)c1N. The van der Waals surface area contributed by atoms with Crippen molar-refractivity contribution in [2.45, 2.75) is 21.4 Å². The third kappa shape index (κ3) is 4.26. The monoisotopic (exact) mass is 450 g/mol. The number of methoxy groups -OCH3 is 1. The molecule has 158 valence electrons. The van der Waals surface area contributed by atoms with E-state index >= 15 is 0 Å². The molecule has 1 heterocycles. The third-order valence-corrected chi connectivity index (χ3v) is 6.81. The summed E-state index contributed by atoms with van der Waals surface area (Å²) in [6.07, 6.45) is 1.64. The predicted octanol–water partition coefficient (Wildman–Crippen LogP) is 2.81. The maximum atomic E-state index is 13.2. The van der Waals surface area contributed by atoms with Gasteiger partial charge in [0.15, 0.2) is 0 Å². The van der Waals surface area contributed by atoms with Crippen molar-refractivity contribution < 1.29 is 22.3 Å². The van der Waals surface area contributed by atoms with E-state index in [2.05, 4.69) is 10.4 Å². The van der Waals surface area contributed by atoms with Gasteiger partial charge in [0.2, 0.25) is 15.7 Å². The van der Waals surface area contributed by atoms with Gasteiger partial charge in [-0.15, -0.1) is 11.8 Å². The molecule has 0 fully saturated rings. The first-order valence-electron chi connectivity index (χ1n) is 8.61. The quantitative estimate of drug-likeness (QED) is 0.420. The number of halogens is 1. The minimum absolute atomic E-state index is 0.121. The summed E-state index contributed by atoms with van der Waals surface area (Å²) in [5.41, 5.74) is 6.52. The van der Waals surface area contributed by atoms with Crippen molar-refractivity contribution in [3.63, 3.8) is 0 Å². The van der Waals surface area contributed by atoms with Crippen molar-refractivity contribution in [3.05, 3.63) is 54.3 Å². The van der Waals surface area contributed by atoms with Crippen molar-refractivity contribution in [2.75, 3.05) is 24.4 Å². The lowest BCUT2D eigenvalue weighted by Crippen LogP contribution is -2.21. The second-order valence-corrected chi connectivity index (χ2v) is 8.77. The minimum atomic E-state index is -4.06. The van der Waals surface area contributed by atoms with E-state index in [0.717, 1.165) is 40.7 Å². The summed E-state index contributed by atoms with van der Waals surface area (Å²) >= 11 is 1.08. The van der Waals surface area contributed by atoms with Crippen LogP contribution in [0, 0.1) is 5.82 Å². The fraction of sp³-hybridized carbons (Fsp3) is 0.158. The first-order chi connectivity index (χ1) is 14.3. The molecule has 0 bridgehead atoms. The summed E-state index contributed by atoms with van der Waals surface area (Å²) in [5.74, 6) is -0.731. The molecule has 1 amide bonds. The van der Waals surface area contributed by atoms with Crippen LogP contribution < -0.4 is 15.8 Å². The summed E-state index contributed by atoms with van der Waals surface area (Å²) in [4.78, 5) is 12.1. The average Bonchev–Trinajstić information content (AvgIpc) is 3.04. The van der Waals surface area contributed by atoms with E-state index < -0.39 is 21.6 Å². The number of amides is 1. The number of anilines is 2. The van der Waals surface area contributed by atoms with Crippen molar-refractivity contribution in [3.8, 4) is 5.75 Å². The van der Waals surface area contributed by atoms with E-state index in [1.807, 2.05) is 0 Å². The van der Waals surface area contributed by atoms with Gasteiger partial charge < -0.3 is 15.8 Å². The lowest BCUT2D eigenvalue weighted by molar-refractivity contribution is -0.116. The lowest BCUT2D eigenvalue weighted by Gasteiger charge is -2.10. The summed E-state index contributed by atoms with van der Waals surface area (Å²) < 4.78 is 45.6. The van der Waals surface area contributed by atoms with Gasteiger partial charge in [-0.05, 0) is 42.7 Å². The van der Waals surface area contributed by atoms with Crippen LogP contribution in [0.25, 0.3) is 0 Å². The Labute approximate surface area is 177 Å². The van der Waals surface area contributed by atoms with Crippen LogP contribution in [-0.2, 0) is 21.2 Å². The topological polar surface area (TPSA) is 116 Å². The Hall–Kier alpha value is -3.05. The van der Waals surface area contributed by atoms with Crippen LogP contribution in [0.15, 0.2) is 63.3 Å². The highest BCUT2D eigenvalue weighted by Gasteiger charge is 2.29. The van der Waals surface area contributed by atoms with Crippen LogP contribution >= 0.6 is 11.8 Å². The Morgan fingerprint density at radius 3 is 2.53 bits per heavy atom. The van der Waals surface area contributed by atoms with Gasteiger partial charge >= 0.3 is 0 Å². The molecule has 8 nitrogen and oxygen atoms in total. The van der Waals surface area contributed by atoms with Gasteiger partial charge in [0.05, 0.1) is 17.7 Å². The molecule has 1 aromatic heterocycles. The van der Waals surface area contributed by atoms with Crippen LogP contribution in [0.1, 0.15) is 0 Å². The first-order valence-corrected chi connectivity index (χ1v) is 11.3. The molecule has 11 heteroatoms. The fourth-order valence-electron chi connectivity index (χ4n) is 2.75. The standard InChI is InChI=1S/C19H19FN4O4S2/c1-28-15-6-4-3-5-14(15)22-16(25)11-24-18(21)17(19(23-24)29-2)30(26,27)13-9-7-12(20)8-10-13/h3-10H,11,21H2,1-2H3,(H,22,25). The number of nitrogens with one attached hydrogen (secondary N) is 1. The van der Waals surface area contributed by atoms with Gasteiger partial charge in [-0.2, -0.15) is 5.10 Å². The highest BCUT2D eigenvalue weighted by atomic mass is 32.2. The second-order valence-electron chi connectivity index (χ2n) is 6.09. The lowest BCUT2D eigenvalue weighted by atomic mass is 10.3. The number of nitrogens with zero attached hydrogens (tertiary/aromatic N) is 2. The molecule has 3 aromatic rings. The highest BCUT2D eigenvalue weighted by Crippen LogP contribution is 2.34. The normalized spacial score (nSPS) is 11.3. The van der Waals surface area contributed by atoms with Crippen LogP contribution in [0.5, 0.6) is 5.75 Å². The van der Waals surface area contributed by atoms with Crippen molar-refractivity contribution in [1.29, 1.82) is 0 Å². The zero-order valence-corrected chi connectivity index (χ0v) is 17.8. The molecule has 0 saturated heterocycles. The zero-order valence-electron chi connectivity index (χ0n) is 16.1. The maximum Gasteiger partial charge on any atom is 0.246 e. The number of aromatic nitrogens is 2. The molecule has 0 aliphatic heterocycles. The molecular weight excluding hydrogens is 431 g/mol. The molecule has 0 aliphatic rings. The van der Waals surface area contributed by atoms with Gasteiger partial charge in [0, 0.05) is 0 Å². The number of rotatable bonds is 7. The Bertz CT molecular complexity index is 1180. The number of thioether (sulfide) groups is 1. The Kier molecular flexibility index (Phi) is 6.32. The first kappa shape index (κ1) is 21.7. The Morgan fingerprint density at radius 1 is 1.23 bits per heavy atom. The summed E-state index contributed by atoms with van der Waals surface area (Å²) in [7, 11) is -2.58. The van der Waals surface area contributed by atoms with Crippen LogP contribution in [0.4, 0.5) is 15.9 Å². The number of benzene rings is 2. The van der Waals surface area contributed by atoms with E-state index in [1.165, 1.54) is 7.11 Å². The van der Waals surface area contributed by atoms with E-state index in [9.17, 15) is 17.6 Å². The van der Waals surface area contributed by atoms with E-state index in [0.29, 0.717) is 11.4 Å². The van der Waals surface area contributed by atoms with Gasteiger partial charge in [-0.25, -0.2) is 17.5 Å². The number of nitrogen functional groups attached to an aromatic ring is 1. The van der Waals surface area contributed by atoms with Gasteiger partial charge in [-0.1, -0.05) is 12.1 Å². The molecule has 30 heavy (non-hydrogen) atoms. The molecule has 0 atom stereocenters. The van der Waals surface area contributed by atoms with Gasteiger partial charge in [0.25, 0.3) is 0 Å². The minimum Gasteiger partial charge on any atom is -0.495 e. The van der Waals surface area contributed by atoms with E-state index in [1.54, 1.807) is 30.5 Å². The maximum absolute atomic E-state index is 13.2. The highest BCUT2D eigenvalue weighted by molar-refractivity contribution is 7.99. The molecule has 0 aliphatic carbocycles. The molecule has 0 saturated carbocycles. The summed E-state index contributed by atoms with van der Waals surface area (Å²) in [5, 5.41) is 6.99. The number of ether oxygens (including phenoxy) is 1. The summed E-state index contributed by atoms with van der Waals surface area (Å²) in [6.45, 7) is -0.309. The van der Waals surface area contributed by atoms with Crippen molar-refractivity contribution in [1.82, 2.24) is 9.78 Å². The molecule has 3 rings (SSSR count). The van der Waals surface area contributed by atoms with Crippen LogP contribution in [0.2, 0.25) is 0 Å².